The smallest absolute Gasteiger partial charge is 0.316 e. The number of hydrogen-bond acceptors (Lipinski definition) is 3. The zero-order valence-corrected chi connectivity index (χ0v) is 15.0. The van der Waals surface area contributed by atoms with Crippen molar-refractivity contribution in [2.45, 2.75) is 68.4 Å². The van der Waals surface area contributed by atoms with Crippen LogP contribution in [0.2, 0.25) is 0 Å². The number of anilines is 1. The highest BCUT2D eigenvalue weighted by atomic mass is 32.2. The van der Waals surface area contributed by atoms with E-state index in [0.29, 0.717) is 0 Å². The summed E-state index contributed by atoms with van der Waals surface area (Å²) in [5, 5.41) is 9.09. The number of piperidine rings is 1. The van der Waals surface area contributed by atoms with E-state index in [9.17, 15) is 9.90 Å². The van der Waals surface area contributed by atoms with Crippen LogP contribution in [-0.2, 0) is 4.79 Å². The summed E-state index contributed by atoms with van der Waals surface area (Å²) >= 11 is 1.49. The van der Waals surface area contributed by atoms with E-state index in [1.165, 1.54) is 49.6 Å². The zero-order chi connectivity index (χ0) is 16.5. The maximum absolute atomic E-state index is 11.5. The average Bonchev–Trinajstić information content (AvgIpc) is 2.59. The number of rotatable bonds is 9. The lowest BCUT2D eigenvalue weighted by Gasteiger charge is -2.28. The van der Waals surface area contributed by atoms with Gasteiger partial charge in [0, 0.05) is 23.7 Å². The lowest BCUT2D eigenvalue weighted by atomic mass is 10.1. The van der Waals surface area contributed by atoms with E-state index in [-0.39, 0.29) is 5.25 Å². The van der Waals surface area contributed by atoms with E-state index in [1.807, 2.05) is 0 Å². The van der Waals surface area contributed by atoms with Crippen molar-refractivity contribution in [2.75, 3.05) is 18.0 Å². The van der Waals surface area contributed by atoms with Gasteiger partial charge in [-0.2, -0.15) is 0 Å². The SMILES string of the molecule is CCCCCCC(Sc1ccc(N2CCCCC2)cc1)C(=O)O. The summed E-state index contributed by atoms with van der Waals surface area (Å²) in [6.07, 6.45) is 9.16. The van der Waals surface area contributed by atoms with E-state index in [0.717, 1.165) is 37.2 Å². The Morgan fingerprint density at radius 3 is 2.43 bits per heavy atom. The maximum atomic E-state index is 11.5. The van der Waals surface area contributed by atoms with Gasteiger partial charge in [0.25, 0.3) is 0 Å². The van der Waals surface area contributed by atoms with Crippen molar-refractivity contribution in [1.82, 2.24) is 0 Å². The van der Waals surface area contributed by atoms with Crippen LogP contribution in [0, 0.1) is 0 Å². The number of hydrogen-bond donors (Lipinski definition) is 1. The van der Waals surface area contributed by atoms with Gasteiger partial charge in [-0.15, -0.1) is 11.8 Å². The first-order valence-corrected chi connectivity index (χ1v) is 9.83. The highest BCUT2D eigenvalue weighted by Gasteiger charge is 2.18. The zero-order valence-electron chi connectivity index (χ0n) is 14.2. The van der Waals surface area contributed by atoms with Gasteiger partial charge in [-0.25, -0.2) is 0 Å². The third-order valence-corrected chi connectivity index (χ3v) is 5.70. The molecule has 1 aliphatic heterocycles. The Morgan fingerprint density at radius 2 is 1.83 bits per heavy atom. The van der Waals surface area contributed by atoms with E-state index in [2.05, 4.69) is 36.1 Å². The molecule has 0 amide bonds. The van der Waals surface area contributed by atoms with Crippen molar-refractivity contribution < 1.29 is 9.90 Å². The molecule has 1 aromatic rings. The largest absolute Gasteiger partial charge is 0.480 e. The monoisotopic (exact) mass is 335 g/mol. The molecule has 4 heteroatoms. The molecule has 0 aromatic heterocycles. The van der Waals surface area contributed by atoms with Gasteiger partial charge in [0.05, 0.1) is 0 Å². The summed E-state index contributed by atoms with van der Waals surface area (Å²) in [5.74, 6) is -0.688. The molecule has 1 heterocycles. The van der Waals surface area contributed by atoms with Crippen LogP contribution in [0.3, 0.4) is 0 Å². The number of carbonyl (C=O) groups is 1. The van der Waals surface area contributed by atoms with E-state index in [1.54, 1.807) is 0 Å². The van der Waals surface area contributed by atoms with Crippen LogP contribution < -0.4 is 4.90 Å². The van der Waals surface area contributed by atoms with Crippen molar-refractivity contribution in [3.8, 4) is 0 Å². The molecule has 128 valence electrons. The lowest BCUT2D eigenvalue weighted by molar-refractivity contribution is -0.136. The number of thioether (sulfide) groups is 1. The molecule has 1 aromatic carbocycles. The van der Waals surface area contributed by atoms with Crippen molar-refractivity contribution in [3.05, 3.63) is 24.3 Å². The molecule has 1 N–H and O–H groups in total. The van der Waals surface area contributed by atoms with Crippen LogP contribution in [0.4, 0.5) is 5.69 Å². The Bertz CT molecular complexity index is 469. The van der Waals surface area contributed by atoms with Crippen LogP contribution in [0.15, 0.2) is 29.2 Å². The van der Waals surface area contributed by atoms with Gasteiger partial charge in [0.2, 0.25) is 0 Å². The Morgan fingerprint density at radius 1 is 1.13 bits per heavy atom. The van der Waals surface area contributed by atoms with Crippen molar-refractivity contribution in [3.63, 3.8) is 0 Å². The Balaban J connectivity index is 1.87. The van der Waals surface area contributed by atoms with Crippen molar-refractivity contribution in [2.24, 2.45) is 0 Å². The molecular formula is C19H29NO2S. The molecule has 1 aliphatic rings. The summed E-state index contributed by atoms with van der Waals surface area (Å²) < 4.78 is 0. The Hall–Kier alpha value is -1.16. The minimum atomic E-state index is -0.688. The standard InChI is InChI=1S/C19H29NO2S/c1-2-3-4-6-9-18(19(21)22)23-17-12-10-16(11-13-17)20-14-7-5-8-15-20/h10-13,18H,2-9,14-15H2,1H3,(H,21,22). The quantitative estimate of drug-likeness (QED) is 0.498. The highest BCUT2D eigenvalue weighted by Crippen LogP contribution is 2.29. The number of carboxylic acid groups (broad SMARTS) is 1. The molecule has 3 nitrogen and oxygen atoms in total. The molecule has 0 bridgehead atoms. The number of unbranched alkanes of at least 4 members (excludes halogenated alkanes) is 3. The van der Waals surface area contributed by atoms with Crippen molar-refractivity contribution >= 4 is 23.4 Å². The molecule has 1 saturated heterocycles. The average molecular weight is 336 g/mol. The summed E-state index contributed by atoms with van der Waals surface area (Å²) in [4.78, 5) is 14.9. The second kappa shape index (κ2) is 9.86. The van der Waals surface area contributed by atoms with Crippen LogP contribution in [-0.4, -0.2) is 29.4 Å². The Kier molecular flexibility index (Phi) is 7.80. The molecular weight excluding hydrogens is 306 g/mol. The third-order valence-electron chi connectivity index (χ3n) is 4.43. The van der Waals surface area contributed by atoms with E-state index < -0.39 is 5.97 Å². The van der Waals surface area contributed by atoms with E-state index >= 15 is 0 Å². The van der Waals surface area contributed by atoms with E-state index in [4.69, 9.17) is 0 Å². The molecule has 0 radical (unpaired) electrons. The fraction of sp³-hybridized carbons (Fsp3) is 0.632. The number of aliphatic carboxylic acids is 1. The Labute approximate surface area is 144 Å². The summed E-state index contributed by atoms with van der Waals surface area (Å²) in [7, 11) is 0. The van der Waals surface area contributed by atoms with Crippen molar-refractivity contribution in [1.29, 1.82) is 0 Å². The van der Waals surface area contributed by atoms with Gasteiger partial charge < -0.3 is 10.0 Å². The van der Waals surface area contributed by atoms with Gasteiger partial charge in [0.1, 0.15) is 5.25 Å². The van der Waals surface area contributed by atoms with Crippen LogP contribution in [0.25, 0.3) is 0 Å². The predicted molar refractivity (Wildman–Crippen MR) is 98.5 cm³/mol. The topological polar surface area (TPSA) is 40.5 Å². The summed E-state index contributed by atoms with van der Waals surface area (Å²) in [5.41, 5.74) is 1.27. The highest BCUT2D eigenvalue weighted by molar-refractivity contribution is 8.00. The van der Waals surface area contributed by atoms with Gasteiger partial charge in [-0.1, -0.05) is 32.6 Å². The molecule has 23 heavy (non-hydrogen) atoms. The third kappa shape index (κ3) is 6.09. The fourth-order valence-corrected chi connectivity index (χ4v) is 4.05. The second-order valence-corrected chi connectivity index (χ2v) is 7.61. The number of benzene rings is 1. The first-order valence-electron chi connectivity index (χ1n) is 8.95. The van der Waals surface area contributed by atoms with Gasteiger partial charge in [-0.3, -0.25) is 4.79 Å². The van der Waals surface area contributed by atoms with Crippen LogP contribution in [0.1, 0.15) is 58.3 Å². The minimum Gasteiger partial charge on any atom is -0.480 e. The first-order chi connectivity index (χ1) is 11.2. The van der Waals surface area contributed by atoms with Gasteiger partial charge in [0.15, 0.2) is 0 Å². The molecule has 0 spiro atoms. The second-order valence-electron chi connectivity index (χ2n) is 6.34. The summed E-state index contributed by atoms with van der Waals surface area (Å²) in [6.45, 7) is 4.46. The molecule has 0 saturated carbocycles. The van der Waals surface area contributed by atoms with Crippen LogP contribution >= 0.6 is 11.8 Å². The minimum absolute atomic E-state index is 0.326. The first kappa shape index (κ1) is 18.2. The van der Waals surface area contributed by atoms with Crippen LogP contribution in [0.5, 0.6) is 0 Å². The fourth-order valence-electron chi connectivity index (χ4n) is 3.04. The summed E-state index contributed by atoms with van der Waals surface area (Å²) in [6, 6.07) is 8.44. The molecule has 0 aliphatic carbocycles. The maximum Gasteiger partial charge on any atom is 0.316 e. The molecule has 1 atom stereocenters. The van der Waals surface area contributed by atoms with Gasteiger partial charge >= 0.3 is 5.97 Å². The normalized spacial score (nSPS) is 16.3. The number of nitrogens with zero attached hydrogens (tertiary/aromatic N) is 1. The molecule has 2 rings (SSSR count). The lowest BCUT2D eigenvalue weighted by Crippen LogP contribution is -2.29. The van der Waals surface area contributed by atoms with Gasteiger partial charge in [-0.05, 0) is 49.9 Å². The molecule has 1 unspecified atom stereocenters. The molecule has 1 fully saturated rings. The number of carboxylic acids is 1. The predicted octanol–water partition coefficient (Wildman–Crippen LogP) is 5.19.